The Morgan fingerprint density at radius 2 is 1.88 bits per heavy atom. The molecule has 3 rings (SSSR count). The number of rotatable bonds is 5. The molecule has 1 saturated heterocycles. The molecule has 0 aliphatic carbocycles. The molecule has 126 valence electrons. The van der Waals surface area contributed by atoms with E-state index in [0.29, 0.717) is 17.8 Å². The van der Waals surface area contributed by atoms with Gasteiger partial charge in [-0.25, -0.2) is 0 Å². The maximum absolute atomic E-state index is 12.1. The van der Waals surface area contributed by atoms with E-state index in [2.05, 4.69) is 0 Å². The van der Waals surface area contributed by atoms with E-state index in [4.69, 9.17) is 9.15 Å². The van der Waals surface area contributed by atoms with Crippen LogP contribution in [0.3, 0.4) is 0 Å². The number of aryl methyl sites for hydroxylation is 2. The number of amides is 1. The number of hydrogen-bond donors (Lipinski definition) is 0. The van der Waals surface area contributed by atoms with E-state index in [1.807, 2.05) is 30.9 Å². The summed E-state index contributed by atoms with van der Waals surface area (Å²) in [6.45, 7) is 5.61. The molecule has 0 saturated carbocycles. The van der Waals surface area contributed by atoms with Crippen molar-refractivity contribution in [3.63, 3.8) is 0 Å². The molecule has 24 heavy (non-hydrogen) atoms. The summed E-state index contributed by atoms with van der Waals surface area (Å²) in [5.41, 5.74) is 2.75. The zero-order chi connectivity index (χ0) is 17.1. The minimum atomic E-state index is 0.0389. The largest absolute Gasteiger partial charge is 0.483 e. The van der Waals surface area contributed by atoms with Gasteiger partial charge in [0.25, 0.3) is 5.91 Å². The molecule has 1 amide bonds. The van der Waals surface area contributed by atoms with E-state index in [1.54, 1.807) is 12.1 Å². The Bertz CT molecular complexity index is 733. The van der Waals surface area contributed by atoms with Crippen molar-refractivity contribution >= 4 is 12.2 Å². The average molecular weight is 327 g/mol. The maximum atomic E-state index is 12.1. The van der Waals surface area contributed by atoms with Crippen LogP contribution in [0.4, 0.5) is 0 Å². The van der Waals surface area contributed by atoms with Crippen LogP contribution in [0.25, 0.3) is 11.3 Å². The van der Waals surface area contributed by atoms with Gasteiger partial charge in [0, 0.05) is 18.7 Å². The summed E-state index contributed by atoms with van der Waals surface area (Å²) in [5, 5.41) is 0. The zero-order valence-corrected chi connectivity index (χ0v) is 14.0. The fraction of sp³-hybridized carbons (Fsp3) is 0.368. The first-order chi connectivity index (χ1) is 11.6. The number of carbonyl (C=O) groups is 2. The van der Waals surface area contributed by atoms with Gasteiger partial charge in [0.2, 0.25) is 0 Å². The van der Waals surface area contributed by atoms with Gasteiger partial charge in [-0.15, -0.1) is 0 Å². The van der Waals surface area contributed by atoms with Crippen LogP contribution in [0.1, 0.15) is 34.5 Å². The predicted octanol–water partition coefficient (Wildman–Crippen LogP) is 3.38. The minimum absolute atomic E-state index is 0.0389. The Kier molecular flexibility index (Phi) is 4.69. The third-order valence-corrected chi connectivity index (χ3v) is 4.29. The Morgan fingerprint density at radius 3 is 2.46 bits per heavy atom. The standard InChI is InChI=1S/C19H21NO4/c1-13-9-15(17-6-5-16(11-21)24-17)10-14(2)19(13)23-12-18(22)20-7-3-4-8-20/h5-6,9-11H,3-4,7-8,12H2,1-2H3. The van der Waals surface area contributed by atoms with Crippen LogP contribution in [0.5, 0.6) is 5.75 Å². The first-order valence-electron chi connectivity index (χ1n) is 8.15. The van der Waals surface area contributed by atoms with E-state index in [1.165, 1.54) is 0 Å². The van der Waals surface area contributed by atoms with Crippen LogP contribution in [-0.2, 0) is 4.79 Å². The number of benzene rings is 1. The minimum Gasteiger partial charge on any atom is -0.483 e. The molecule has 5 heteroatoms. The number of carbonyl (C=O) groups excluding carboxylic acids is 2. The lowest BCUT2D eigenvalue weighted by atomic mass is 10.0. The van der Waals surface area contributed by atoms with E-state index < -0.39 is 0 Å². The Hall–Kier alpha value is -2.56. The van der Waals surface area contributed by atoms with Gasteiger partial charge in [0.1, 0.15) is 11.5 Å². The van der Waals surface area contributed by atoms with Gasteiger partial charge < -0.3 is 14.1 Å². The SMILES string of the molecule is Cc1cc(-c2ccc(C=O)o2)cc(C)c1OCC(=O)N1CCCC1. The molecule has 5 nitrogen and oxygen atoms in total. The lowest BCUT2D eigenvalue weighted by Gasteiger charge is -2.17. The quantitative estimate of drug-likeness (QED) is 0.790. The molecule has 1 fully saturated rings. The smallest absolute Gasteiger partial charge is 0.260 e. The highest BCUT2D eigenvalue weighted by molar-refractivity contribution is 5.78. The lowest BCUT2D eigenvalue weighted by Crippen LogP contribution is -2.32. The van der Waals surface area contributed by atoms with Gasteiger partial charge in [0.05, 0.1) is 0 Å². The molecule has 1 aromatic carbocycles. The van der Waals surface area contributed by atoms with Crippen LogP contribution in [0.2, 0.25) is 0 Å². The van der Waals surface area contributed by atoms with Gasteiger partial charge in [-0.1, -0.05) is 0 Å². The Morgan fingerprint density at radius 1 is 1.21 bits per heavy atom. The van der Waals surface area contributed by atoms with Crippen LogP contribution in [-0.4, -0.2) is 36.8 Å². The van der Waals surface area contributed by atoms with Gasteiger partial charge in [0.15, 0.2) is 18.7 Å². The van der Waals surface area contributed by atoms with E-state index in [9.17, 15) is 9.59 Å². The maximum Gasteiger partial charge on any atom is 0.260 e. The Labute approximate surface area is 141 Å². The third kappa shape index (κ3) is 3.35. The normalized spacial score (nSPS) is 14.0. The number of furan rings is 1. The topological polar surface area (TPSA) is 59.8 Å². The second-order valence-electron chi connectivity index (χ2n) is 6.14. The summed E-state index contributed by atoms with van der Waals surface area (Å²) in [7, 11) is 0. The van der Waals surface area contributed by atoms with Crippen LogP contribution >= 0.6 is 0 Å². The number of nitrogens with zero attached hydrogens (tertiary/aromatic N) is 1. The van der Waals surface area contributed by atoms with E-state index in [0.717, 1.165) is 48.4 Å². The van der Waals surface area contributed by atoms with E-state index >= 15 is 0 Å². The molecule has 0 spiro atoms. The highest BCUT2D eigenvalue weighted by atomic mass is 16.5. The van der Waals surface area contributed by atoms with Crippen molar-refractivity contribution in [1.29, 1.82) is 0 Å². The summed E-state index contributed by atoms with van der Waals surface area (Å²) in [6, 6.07) is 7.30. The second kappa shape index (κ2) is 6.91. The molecule has 2 heterocycles. The van der Waals surface area contributed by atoms with Crippen LogP contribution in [0.15, 0.2) is 28.7 Å². The summed E-state index contributed by atoms with van der Waals surface area (Å²) in [6.07, 6.45) is 2.83. The molecule has 1 aromatic heterocycles. The average Bonchev–Trinajstić information content (AvgIpc) is 3.25. The van der Waals surface area contributed by atoms with E-state index in [-0.39, 0.29) is 12.5 Å². The highest BCUT2D eigenvalue weighted by Crippen LogP contribution is 2.31. The molecule has 1 aliphatic heterocycles. The van der Waals surface area contributed by atoms with Gasteiger partial charge in [-0.05, 0) is 62.1 Å². The van der Waals surface area contributed by atoms with Crippen molar-refractivity contribution in [2.75, 3.05) is 19.7 Å². The van der Waals surface area contributed by atoms with Crippen molar-refractivity contribution in [1.82, 2.24) is 4.90 Å². The number of aldehydes is 1. The molecule has 1 aliphatic rings. The van der Waals surface area contributed by atoms with Crippen molar-refractivity contribution in [2.24, 2.45) is 0 Å². The van der Waals surface area contributed by atoms with Crippen LogP contribution in [0, 0.1) is 13.8 Å². The number of likely N-dealkylation sites (tertiary alicyclic amines) is 1. The molecule has 0 atom stereocenters. The van der Waals surface area contributed by atoms with Crippen molar-refractivity contribution in [2.45, 2.75) is 26.7 Å². The third-order valence-electron chi connectivity index (χ3n) is 4.29. The van der Waals surface area contributed by atoms with Crippen LogP contribution < -0.4 is 4.74 Å². The van der Waals surface area contributed by atoms with Gasteiger partial charge >= 0.3 is 0 Å². The first-order valence-corrected chi connectivity index (χ1v) is 8.15. The first kappa shape index (κ1) is 16.3. The molecular weight excluding hydrogens is 306 g/mol. The zero-order valence-electron chi connectivity index (χ0n) is 14.0. The van der Waals surface area contributed by atoms with Gasteiger partial charge in [-0.2, -0.15) is 0 Å². The molecule has 0 bridgehead atoms. The van der Waals surface area contributed by atoms with Crippen molar-refractivity contribution in [3.8, 4) is 17.1 Å². The summed E-state index contributed by atoms with van der Waals surface area (Å²) >= 11 is 0. The Balaban J connectivity index is 1.74. The fourth-order valence-corrected chi connectivity index (χ4v) is 3.08. The summed E-state index contributed by atoms with van der Waals surface area (Å²) < 4.78 is 11.2. The summed E-state index contributed by atoms with van der Waals surface area (Å²) in [4.78, 5) is 24.7. The predicted molar refractivity (Wildman–Crippen MR) is 90.3 cm³/mol. The molecule has 0 radical (unpaired) electrons. The number of ether oxygens (including phenoxy) is 1. The fourth-order valence-electron chi connectivity index (χ4n) is 3.08. The number of hydrogen-bond acceptors (Lipinski definition) is 4. The molecule has 0 N–H and O–H groups in total. The molecule has 0 unspecified atom stereocenters. The van der Waals surface area contributed by atoms with Crippen molar-refractivity contribution in [3.05, 3.63) is 41.2 Å². The molecule has 2 aromatic rings. The highest BCUT2D eigenvalue weighted by Gasteiger charge is 2.19. The van der Waals surface area contributed by atoms with Gasteiger partial charge in [-0.3, -0.25) is 9.59 Å². The second-order valence-corrected chi connectivity index (χ2v) is 6.14. The summed E-state index contributed by atoms with van der Waals surface area (Å²) in [5.74, 6) is 1.71. The monoisotopic (exact) mass is 327 g/mol. The molecular formula is C19H21NO4. The lowest BCUT2D eigenvalue weighted by molar-refractivity contribution is -0.132. The van der Waals surface area contributed by atoms with Crippen molar-refractivity contribution < 1.29 is 18.7 Å².